The Balaban J connectivity index is 3.02. The Morgan fingerprint density at radius 1 is 1.44 bits per heavy atom. The minimum absolute atomic E-state index is 0.0482. The van der Waals surface area contributed by atoms with Gasteiger partial charge in [-0.25, -0.2) is 8.42 Å². The molecule has 3 N–H and O–H groups in total. The lowest BCUT2D eigenvalue weighted by Crippen LogP contribution is -2.23. The number of nitrogen functional groups attached to an aromatic ring is 1. The number of hydrogen-bond donors (Lipinski definition) is 2. The number of hydrogen-bond acceptors (Lipinski definition) is 5. The van der Waals surface area contributed by atoms with Gasteiger partial charge in [-0.2, -0.15) is 0 Å². The van der Waals surface area contributed by atoms with Crippen molar-refractivity contribution in [3.05, 3.63) is 18.2 Å². The molecule has 2 unspecified atom stereocenters. The van der Waals surface area contributed by atoms with Gasteiger partial charge in [0.15, 0.2) is 9.84 Å². The highest BCUT2D eigenvalue weighted by atomic mass is 32.2. The predicted molar refractivity (Wildman–Crippen MR) is 76.0 cm³/mol. The Labute approximate surface area is 110 Å². The third-order valence-corrected chi connectivity index (χ3v) is 4.48. The van der Waals surface area contributed by atoms with Gasteiger partial charge in [-0.05, 0) is 19.1 Å². The predicted octanol–water partition coefficient (Wildman–Crippen LogP) is 0.851. The fourth-order valence-corrected chi connectivity index (χ4v) is 3.28. The molecule has 0 radical (unpaired) electrons. The molecular weight excluding hydrogens is 272 g/mol. The van der Waals surface area contributed by atoms with Crippen molar-refractivity contribution in [2.75, 3.05) is 29.3 Å². The van der Waals surface area contributed by atoms with Crippen LogP contribution in [0.3, 0.4) is 0 Å². The number of nitrogens with one attached hydrogen (secondary N) is 1. The van der Waals surface area contributed by atoms with Crippen molar-refractivity contribution < 1.29 is 12.6 Å². The lowest BCUT2D eigenvalue weighted by Gasteiger charge is -2.17. The molecule has 0 spiro atoms. The molecule has 1 rings (SSSR count). The molecule has 7 heteroatoms. The first-order valence-electron chi connectivity index (χ1n) is 5.37. The van der Waals surface area contributed by atoms with Crippen LogP contribution in [0.2, 0.25) is 0 Å². The minimum Gasteiger partial charge on any atom is -0.396 e. The number of benzene rings is 1. The Morgan fingerprint density at radius 3 is 2.56 bits per heavy atom. The first kappa shape index (κ1) is 15.0. The van der Waals surface area contributed by atoms with Gasteiger partial charge in [-0.3, -0.25) is 4.21 Å². The number of rotatable bonds is 5. The third kappa shape index (κ3) is 3.99. The van der Waals surface area contributed by atoms with Gasteiger partial charge >= 0.3 is 0 Å². The van der Waals surface area contributed by atoms with E-state index in [2.05, 4.69) is 5.32 Å². The topological polar surface area (TPSA) is 89.3 Å². The minimum atomic E-state index is -3.34. The molecule has 0 aromatic heterocycles. The molecule has 2 atom stereocenters. The summed E-state index contributed by atoms with van der Waals surface area (Å²) in [5.74, 6) is 0.475. The molecule has 1 aromatic rings. The van der Waals surface area contributed by atoms with Crippen LogP contribution in [-0.2, 0) is 20.6 Å². The van der Waals surface area contributed by atoms with Gasteiger partial charge in [0.25, 0.3) is 0 Å². The monoisotopic (exact) mass is 290 g/mol. The van der Waals surface area contributed by atoms with Crippen LogP contribution in [0.5, 0.6) is 0 Å². The van der Waals surface area contributed by atoms with E-state index in [0.717, 1.165) is 6.26 Å². The summed E-state index contributed by atoms with van der Waals surface area (Å²) in [6, 6.07) is 4.76. The summed E-state index contributed by atoms with van der Waals surface area (Å²) < 4.78 is 34.1. The Hall–Kier alpha value is -1.08. The van der Waals surface area contributed by atoms with E-state index in [0.29, 0.717) is 11.4 Å². The van der Waals surface area contributed by atoms with Crippen molar-refractivity contribution in [3.63, 3.8) is 0 Å². The van der Waals surface area contributed by atoms with Gasteiger partial charge in [0.05, 0.1) is 16.3 Å². The van der Waals surface area contributed by atoms with E-state index in [4.69, 9.17) is 5.73 Å². The number of para-hydroxylation sites is 1. The summed E-state index contributed by atoms with van der Waals surface area (Å²) in [5, 5.41) is 3.07. The molecule has 0 saturated heterocycles. The summed E-state index contributed by atoms with van der Waals surface area (Å²) in [4.78, 5) is 0.109. The molecule has 0 aliphatic rings. The van der Waals surface area contributed by atoms with Gasteiger partial charge in [0.2, 0.25) is 0 Å². The van der Waals surface area contributed by atoms with E-state index in [1.807, 2.05) is 6.92 Å². The lowest BCUT2D eigenvalue weighted by molar-refractivity contribution is 0.602. The van der Waals surface area contributed by atoms with Crippen LogP contribution in [0.1, 0.15) is 6.92 Å². The highest BCUT2D eigenvalue weighted by Gasteiger charge is 2.15. The average molecular weight is 290 g/mol. The van der Waals surface area contributed by atoms with Gasteiger partial charge in [0, 0.05) is 35.1 Å². The molecule has 0 bridgehead atoms. The zero-order valence-electron chi connectivity index (χ0n) is 10.6. The summed E-state index contributed by atoms with van der Waals surface area (Å²) in [5.41, 5.74) is 6.59. The lowest BCUT2D eigenvalue weighted by atomic mass is 10.2. The highest BCUT2D eigenvalue weighted by Crippen LogP contribution is 2.27. The van der Waals surface area contributed by atoms with E-state index in [1.165, 1.54) is 6.07 Å². The summed E-state index contributed by atoms with van der Waals surface area (Å²) in [7, 11) is -4.26. The fraction of sp³-hybridized carbons (Fsp3) is 0.455. The SMILES string of the molecule is CC(CS(C)=O)Nc1cccc(S(C)(=O)=O)c1N. The smallest absolute Gasteiger partial charge is 0.177 e. The van der Waals surface area contributed by atoms with Crippen molar-refractivity contribution in [3.8, 4) is 0 Å². The Morgan fingerprint density at radius 2 is 2.06 bits per heavy atom. The quantitative estimate of drug-likeness (QED) is 0.785. The first-order valence-corrected chi connectivity index (χ1v) is 8.98. The summed E-state index contributed by atoms with van der Waals surface area (Å²) in [6.45, 7) is 1.87. The second-order valence-corrected chi connectivity index (χ2v) is 7.74. The normalized spacial score (nSPS) is 15.1. The maximum Gasteiger partial charge on any atom is 0.177 e. The number of sulfone groups is 1. The van der Waals surface area contributed by atoms with Crippen LogP contribution in [0.15, 0.2) is 23.1 Å². The summed E-state index contributed by atoms with van der Waals surface area (Å²) in [6.07, 6.45) is 2.74. The summed E-state index contributed by atoms with van der Waals surface area (Å²) >= 11 is 0. The maximum absolute atomic E-state index is 11.5. The van der Waals surface area contributed by atoms with Crippen LogP contribution >= 0.6 is 0 Å². The van der Waals surface area contributed by atoms with Crippen molar-refractivity contribution in [2.24, 2.45) is 0 Å². The number of anilines is 2. The first-order chi connectivity index (χ1) is 8.21. The number of nitrogens with two attached hydrogens (primary N) is 1. The third-order valence-electron chi connectivity index (χ3n) is 2.35. The molecule has 0 fully saturated rings. The van der Waals surface area contributed by atoms with Gasteiger partial charge in [-0.1, -0.05) is 6.07 Å². The molecular formula is C11H18N2O3S2. The molecule has 0 aliphatic carbocycles. The maximum atomic E-state index is 11.5. The zero-order valence-corrected chi connectivity index (χ0v) is 12.3. The molecule has 0 saturated carbocycles. The van der Waals surface area contributed by atoms with E-state index in [-0.39, 0.29) is 16.6 Å². The van der Waals surface area contributed by atoms with E-state index < -0.39 is 20.6 Å². The van der Waals surface area contributed by atoms with E-state index in [9.17, 15) is 12.6 Å². The average Bonchev–Trinajstić information content (AvgIpc) is 2.18. The molecule has 0 aliphatic heterocycles. The van der Waals surface area contributed by atoms with Crippen LogP contribution in [0, 0.1) is 0 Å². The molecule has 18 heavy (non-hydrogen) atoms. The molecule has 0 heterocycles. The second kappa shape index (κ2) is 5.71. The molecule has 102 valence electrons. The zero-order chi connectivity index (χ0) is 13.9. The molecule has 0 amide bonds. The standard InChI is InChI=1S/C11H18N2O3S2/c1-8(7-17(2)14)13-9-5-4-6-10(11(9)12)18(3,15)16/h4-6,8,13H,7,12H2,1-3H3. The van der Waals surface area contributed by atoms with E-state index >= 15 is 0 Å². The second-order valence-electron chi connectivity index (χ2n) is 4.27. The van der Waals surface area contributed by atoms with Gasteiger partial charge in [0.1, 0.15) is 0 Å². The van der Waals surface area contributed by atoms with Crippen molar-refractivity contribution in [2.45, 2.75) is 17.9 Å². The molecule has 5 nitrogen and oxygen atoms in total. The van der Waals surface area contributed by atoms with Gasteiger partial charge in [-0.15, -0.1) is 0 Å². The van der Waals surface area contributed by atoms with Crippen LogP contribution in [0.4, 0.5) is 11.4 Å². The van der Waals surface area contributed by atoms with Crippen LogP contribution in [-0.4, -0.2) is 36.9 Å². The van der Waals surface area contributed by atoms with Gasteiger partial charge < -0.3 is 11.1 Å². The fourth-order valence-electron chi connectivity index (χ4n) is 1.65. The van der Waals surface area contributed by atoms with Crippen LogP contribution in [0.25, 0.3) is 0 Å². The van der Waals surface area contributed by atoms with Crippen molar-refractivity contribution in [1.82, 2.24) is 0 Å². The van der Waals surface area contributed by atoms with Crippen molar-refractivity contribution in [1.29, 1.82) is 0 Å². The largest absolute Gasteiger partial charge is 0.396 e. The van der Waals surface area contributed by atoms with Crippen LogP contribution < -0.4 is 11.1 Å². The molecule has 1 aromatic carbocycles. The van der Waals surface area contributed by atoms with Crippen molar-refractivity contribution >= 4 is 32.0 Å². The van der Waals surface area contributed by atoms with E-state index in [1.54, 1.807) is 18.4 Å². The Kier molecular flexibility index (Phi) is 4.75. The Bertz CT molecular complexity index is 555. The highest BCUT2D eigenvalue weighted by molar-refractivity contribution is 7.90.